The highest BCUT2D eigenvalue weighted by Gasteiger charge is 2.21. The SMILES string of the molecule is O=C(CSc1nc(=O)n(Cc2ccco2)c2c1CCCC2)c1ccc(Cl)cc1. The van der Waals surface area contributed by atoms with E-state index in [1.165, 1.54) is 11.8 Å². The van der Waals surface area contributed by atoms with Gasteiger partial charge in [-0.1, -0.05) is 23.4 Å². The molecule has 0 fully saturated rings. The molecule has 0 saturated carbocycles. The van der Waals surface area contributed by atoms with Gasteiger partial charge in [0, 0.05) is 21.8 Å². The number of benzene rings is 1. The molecule has 0 aliphatic heterocycles. The van der Waals surface area contributed by atoms with Crippen LogP contribution in [0.5, 0.6) is 0 Å². The molecule has 1 aliphatic rings. The van der Waals surface area contributed by atoms with E-state index in [1.807, 2.05) is 12.1 Å². The molecule has 0 unspecified atom stereocenters. The fourth-order valence-electron chi connectivity index (χ4n) is 3.44. The van der Waals surface area contributed by atoms with E-state index in [1.54, 1.807) is 35.1 Å². The van der Waals surface area contributed by atoms with Gasteiger partial charge in [-0.2, -0.15) is 4.98 Å². The first kappa shape index (κ1) is 19.0. The summed E-state index contributed by atoms with van der Waals surface area (Å²) in [4.78, 5) is 29.5. The van der Waals surface area contributed by atoms with Crippen LogP contribution in [-0.2, 0) is 19.4 Å². The van der Waals surface area contributed by atoms with E-state index in [4.69, 9.17) is 16.0 Å². The fraction of sp³-hybridized carbons (Fsp3) is 0.286. The molecule has 4 rings (SSSR count). The van der Waals surface area contributed by atoms with E-state index in [-0.39, 0.29) is 17.2 Å². The van der Waals surface area contributed by atoms with Crippen molar-refractivity contribution in [1.82, 2.24) is 9.55 Å². The van der Waals surface area contributed by atoms with Crippen LogP contribution in [0.4, 0.5) is 0 Å². The molecule has 0 radical (unpaired) electrons. The molecule has 0 N–H and O–H groups in total. The van der Waals surface area contributed by atoms with Crippen molar-refractivity contribution >= 4 is 29.1 Å². The van der Waals surface area contributed by atoms with Gasteiger partial charge in [-0.25, -0.2) is 4.79 Å². The molecule has 1 aromatic carbocycles. The van der Waals surface area contributed by atoms with Gasteiger partial charge in [-0.05, 0) is 62.1 Å². The fourth-order valence-corrected chi connectivity index (χ4v) is 4.54. The number of aromatic nitrogens is 2. The second kappa shape index (κ2) is 8.37. The summed E-state index contributed by atoms with van der Waals surface area (Å²) in [5.41, 5.74) is 2.42. The Morgan fingerprint density at radius 1 is 1.18 bits per heavy atom. The maximum Gasteiger partial charge on any atom is 0.349 e. The van der Waals surface area contributed by atoms with Crippen molar-refractivity contribution in [1.29, 1.82) is 0 Å². The minimum atomic E-state index is -0.293. The van der Waals surface area contributed by atoms with E-state index in [9.17, 15) is 9.59 Å². The van der Waals surface area contributed by atoms with Crippen molar-refractivity contribution in [2.75, 3.05) is 5.75 Å². The van der Waals surface area contributed by atoms with Gasteiger partial charge in [0.15, 0.2) is 5.78 Å². The molecule has 3 aromatic rings. The predicted octanol–water partition coefficient (Wildman–Crippen LogP) is 4.39. The number of hydrogen-bond acceptors (Lipinski definition) is 5. The largest absolute Gasteiger partial charge is 0.467 e. The molecule has 2 aromatic heterocycles. The molecular weight excluding hydrogens is 396 g/mol. The normalized spacial score (nSPS) is 13.3. The summed E-state index contributed by atoms with van der Waals surface area (Å²) in [7, 11) is 0. The minimum absolute atomic E-state index is 0.00668. The van der Waals surface area contributed by atoms with Crippen LogP contribution in [0.2, 0.25) is 5.02 Å². The van der Waals surface area contributed by atoms with Crippen molar-refractivity contribution in [2.24, 2.45) is 0 Å². The Morgan fingerprint density at radius 2 is 1.96 bits per heavy atom. The van der Waals surface area contributed by atoms with Gasteiger partial charge < -0.3 is 4.42 Å². The average molecular weight is 415 g/mol. The molecule has 144 valence electrons. The third-order valence-electron chi connectivity index (χ3n) is 4.85. The van der Waals surface area contributed by atoms with Gasteiger partial charge in [-0.15, -0.1) is 0 Å². The summed E-state index contributed by atoms with van der Waals surface area (Å²) in [5.74, 6) is 0.964. The van der Waals surface area contributed by atoms with Crippen LogP contribution in [-0.4, -0.2) is 21.1 Å². The zero-order valence-electron chi connectivity index (χ0n) is 15.2. The van der Waals surface area contributed by atoms with E-state index in [2.05, 4.69) is 4.98 Å². The Bertz CT molecular complexity index is 1040. The van der Waals surface area contributed by atoms with Crippen molar-refractivity contribution < 1.29 is 9.21 Å². The van der Waals surface area contributed by atoms with Gasteiger partial charge in [-0.3, -0.25) is 9.36 Å². The van der Waals surface area contributed by atoms with E-state index < -0.39 is 0 Å². The smallest absolute Gasteiger partial charge is 0.349 e. The number of carbonyl (C=O) groups excluding carboxylic acids is 1. The molecule has 1 aliphatic carbocycles. The maximum absolute atomic E-state index is 12.7. The molecule has 2 heterocycles. The van der Waals surface area contributed by atoms with Crippen LogP contribution in [0.15, 0.2) is 56.9 Å². The quantitative estimate of drug-likeness (QED) is 0.340. The number of furan rings is 1. The number of nitrogens with zero attached hydrogens (tertiary/aromatic N) is 2. The Balaban J connectivity index is 1.59. The number of fused-ring (bicyclic) bond motifs is 1. The van der Waals surface area contributed by atoms with Gasteiger partial charge in [0.2, 0.25) is 0 Å². The predicted molar refractivity (Wildman–Crippen MR) is 109 cm³/mol. The maximum atomic E-state index is 12.7. The highest BCUT2D eigenvalue weighted by atomic mass is 35.5. The van der Waals surface area contributed by atoms with Crippen LogP contribution in [0, 0.1) is 0 Å². The van der Waals surface area contributed by atoms with Crippen LogP contribution < -0.4 is 5.69 Å². The molecule has 0 amide bonds. The second-order valence-corrected chi connectivity index (χ2v) is 8.12. The Morgan fingerprint density at radius 3 is 2.71 bits per heavy atom. The number of ketones is 1. The average Bonchev–Trinajstić information content (AvgIpc) is 3.22. The third kappa shape index (κ3) is 4.08. The topological polar surface area (TPSA) is 65.1 Å². The Hall–Kier alpha value is -2.31. The van der Waals surface area contributed by atoms with Crippen molar-refractivity contribution in [2.45, 2.75) is 37.3 Å². The first-order chi connectivity index (χ1) is 13.6. The number of hydrogen-bond donors (Lipinski definition) is 0. The van der Waals surface area contributed by atoms with E-state index in [0.29, 0.717) is 22.2 Å². The van der Waals surface area contributed by atoms with Crippen molar-refractivity contribution in [3.8, 4) is 0 Å². The van der Waals surface area contributed by atoms with Crippen LogP contribution in [0.3, 0.4) is 0 Å². The Kier molecular flexibility index (Phi) is 5.69. The van der Waals surface area contributed by atoms with Crippen LogP contribution in [0.25, 0.3) is 0 Å². The molecule has 5 nitrogen and oxygen atoms in total. The lowest BCUT2D eigenvalue weighted by atomic mass is 9.97. The summed E-state index contributed by atoms with van der Waals surface area (Å²) >= 11 is 7.22. The number of Topliss-reactive ketones (excluding diaryl/α,β-unsaturated/α-hetero) is 1. The number of rotatable bonds is 6. The molecule has 7 heteroatoms. The van der Waals surface area contributed by atoms with E-state index in [0.717, 1.165) is 42.7 Å². The van der Waals surface area contributed by atoms with Gasteiger partial charge in [0.1, 0.15) is 10.8 Å². The molecular formula is C21H19ClN2O3S. The van der Waals surface area contributed by atoms with Crippen LogP contribution >= 0.6 is 23.4 Å². The number of carbonyl (C=O) groups is 1. The van der Waals surface area contributed by atoms with Gasteiger partial charge >= 0.3 is 5.69 Å². The minimum Gasteiger partial charge on any atom is -0.467 e. The standard InChI is InChI=1S/C21H19ClN2O3S/c22-15-9-7-14(8-10-15)19(25)13-28-20-17-5-1-2-6-18(17)24(21(26)23-20)12-16-4-3-11-27-16/h3-4,7-11H,1-2,5-6,12-13H2. The second-order valence-electron chi connectivity index (χ2n) is 6.72. The molecule has 0 saturated heterocycles. The monoisotopic (exact) mass is 414 g/mol. The third-order valence-corrected chi connectivity index (χ3v) is 6.12. The van der Waals surface area contributed by atoms with Crippen molar-refractivity contribution in [3.63, 3.8) is 0 Å². The zero-order chi connectivity index (χ0) is 19.5. The first-order valence-corrected chi connectivity index (χ1v) is 10.5. The molecule has 0 atom stereocenters. The lowest BCUT2D eigenvalue weighted by Gasteiger charge is -2.22. The highest BCUT2D eigenvalue weighted by Crippen LogP contribution is 2.29. The molecule has 0 spiro atoms. The Labute approximate surface area is 171 Å². The summed E-state index contributed by atoms with van der Waals surface area (Å²) in [6, 6.07) is 10.5. The van der Waals surface area contributed by atoms with E-state index >= 15 is 0 Å². The molecule has 0 bridgehead atoms. The highest BCUT2D eigenvalue weighted by molar-refractivity contribution is 8.00. The van der Waals surface area contributed by atoms with Crippen LogP contribution in [0.1, 0.15) is 40.2 Å². The number of halogens is 1. The first-order valence-electron chi connectivity index (χ1n) is 9.18. The van der Waals surface area contributed by atoms with Gasteiger partial charge in [0.25, 0.3) is 0 Å². The van der Waals surface area contributed by atoms with Crippen molar-refractivity contribution in [3.05, 3.63) is 80.7 Å². The summed E-state index contributed by atoms with van der Waals surface area (Å²) in [5, 5.41) is 1.28. The molecule has 28 heavy (non-hydrogen) atoms. The lowest BCUT2D eigenvalue weighted by molar-refractivity contribution is 0.102. The lowest BCUT2D eigenvalue weighted by Crippen LogP contribution is -2.30. The summed E-state index contributed by atoms with van der Waals surface area (Å²) < 4.78 is 7.11. The zero-order valence-corrected chi connectivity index (χ0v) is 16.8. The number of thioether (sulfide) groups is 1. The summed E-state index contributed by atoms with van der Waals surface area (Å²) in [6.07, 6.45) is 5.42. The van der Waals surface area contributed by atoms with Gasteiger partial charge in [0.05, 0.1) is 18.6 Å². The summed E-state index contributed by atoms with van der Waals surface area (Å²) in [6.45, 7) is 0.385.